The number of carbonyl (C=O) groups is 3. The summed E-state index contributed by atoms with van der Waals surface area (Å²) < 4.78 is 0.922. The van der Waals surface area contributed by atoms with E-state index in [1.807, 2.05) is 45.0 Å². The van der Waals surface area contributed by atoms with Gasteiger partial charge in [-0.1, -0.05) is 41.9 Å². The normalized spacial score (nSPS) is 17.6. The van der Waals surface area contributed by atoms with Crippen molar-refractivity contribution in [2.24, 2.45) is 0 Å². The highest BCUT2D eigenvalue weighted by Gasteiger charge is 2.49. The van der Waals surface area contributed by atoms with E-state index in [9.17, 15) is 14.4 Å². The van der Waals surface area contributed by atoms with Crippen LogP contribution in [0.2, 0.25) is 0 Å². The van der Waals surface area contributed by atoms with Crippen LogP contribution in [0, 0.1) is 0 Å². The quantitative estimate of drug-likeness (QED) is 0.726. The Morgan fingerprint density at radius 1 is 1.33 bits per heavy atom. The Morgan fingerprint density at radius 3 is 2.54 bits per heavy atom. The van der Waals surface area contributed by atoms with E-state index in [0.29, 0.717) is 12.8 Å². The lowest BCUT2D eigenvalue weighted by Crippen LogP contribution is -2.46. The van der Waals surface area contributed by atoms with E-state index in [1.165, 1.54) is 0 Å². The van der Waals surface area contributed by atoms with Crippen molar-refractivity contribution in [1.29, 1.82) is 0 Å². The molecule has 4 amide bonds. The van der Waals surface area contributed by atoms with Crippen LogP contribution in [0.1, 0.15) is 45.2 Å². The summed E-state index contributed by atoms with van der Waals surface area (Å²) in [5.74, 6) is -0.697. The molecule has 0 aliphatic carbocycles. The molecule has 0 radical (unpaired) electrons. The number of hydrogen-bond acceptors (Lipinski definition) is 3. The van der Waals surface area contributed by atoms with Crippen molar-refractivity contribution in [2.45, 2.75) is 45.2 Å². The number of halogens is 1. The lowest BCUT2D eigenvalue weighted by Gasteiger charge is -2.23. The molecule has 1 fully saturated rings. The molecule has 1 aromatic carbocycles. The smallest absolute Gasteiger partial charge is 0.325 e. The first-order valence-corrected chi connectivity index (χ1v) is 8.81. The zero-order valence-corrected chi connectivity index (χ0v) is 15.6. The molecule has 1 unspecified atom stereocenters. The fraction of sp³-hybridized carbons (Fsp3) is 0.471. The van der Waals surface area contributed by atoms with Crippen LogP contribution < -0.4 is 10.6 Å². The summed E-state index contributed by atoms with van der Waals surface area (Å²) in [7, 11) is 0. The van der Waals surface area contributed by atoms with Gasteiger partial charge in [-0.15, -0.1) is 0 Å². The molecule has 1 aliphatic rings. The maximum atomic E-state index is 12.5. The molecule has 7 heteroatoms. The van der Waals surface area contributed by atoms with Crippen molar-refractivity contribution < 1.29 is 14.4 Å². The van der Waals surface area contributed by atoms with Crippen LogP contribution in [-0.4, -0.2) is 34.8 Å². The van der Waals surface area contributed by atoms with Crippen LogP contribution in [0.15, 0.2) is 28.7 Å². The lowest BCUT2D eigenvalue weighted by molar-refractivity contribution is -0.135. The topological polar surface area (TPSA) is 78.5 Å². The van der Waals surface area contributed by atoms with E-state index >= 15 is 0 Å². The van der Waals surface area contributed by atoms with Crippen LogP contribution in [-0.2, 0) is 9.59 Å². The van der Waals surface area contributed by atoms with Gasteiger partial charge in [0.1, 0.15) is 12.1 Å². The molecule has 1 aromatic rings. The zero-order chi connectivity index (χ0) is 17.9. The molecule has 2 rings (SSSR count). The Kier molecular flexibility index (Phi) is 5.64. The van der Waals surface area contributed by atoms with Crippen molar-refractivity contribution in [2.75, 3.05) is 6.54 Å². The highest BCUT2D eigenvalue weighted by Crippen LogP contribution is 2.24. The van der Waals surface area contributed by atoms with Crippen LogP contribution >= 0.6 is 15.9 Å². The van der Waals surface area contributed by atoms with Gasteiger partial charge >= 0.3 is 6.03 Å². The number of nitrogens with one attached hydrogen (secondary N) is 2. The third-order valence-electron chi connectivity index (χ3n) is 4.48. The van der Waals surface area contributed by atoms with Gasteiger partial charge in [-0.05, 0) is 37.5 Å². The van der Waals surface area contributed by atoms with Crippen LogP contribution in [0.5, 0.6) is 0 Å². The van der Waals surface area contributed by atoms with Crippen LogP contribution in [0.4, 0.5) is 4.79 Å². The fourth-order valence-corrected chi connectivity index (χ4v) is 3.26. The van der Waals surface area contributed by atoms with Gasteiger partial charge in [0, 0.05) is 4.47 Å². The molecule has 0 saturated carbocycles. The van der Waals surface area contributed by atoms with Gasteiger partial charge in [0.05, 0.1) is 6.04 Å². The summed E-state index contributed by atoms with van der Waals surface area (Å²) in [6.07, 6.45) is 1.00. The van der Waals surface area contributed by atoms with Gasteiger partial charge in [-0.25, -0.2) is 4.79 Å². The molecule has 0 aromatic heterocycles. The van der Waals surface area contributed by atoms with Gasteiger partial charge in [0.15, 0.2) is 0 Å². The molecule has 1 aliphatic heterocycles. The highest BCUT2D eigenvalue weighted by molar-refractivity contribution is 9.10. The Labute approximate surface area is 150 Å². The second kappa shape index (κ2) is 7.34. The van der Waals surface area contributed by atoms with Crippen molar-refractivity contribution in [3.63, 3.8) is 0 Å². The number of rotatable bonds is 6. The molecule has 1 heterocycles. The molecule has 0 bridgehead atoms. The van der Waals surface area contributed by atoms with E-state index in [1.54, 1.807) is 0 Å². The summed E-state index contributed by atoms with van der Waals surface area (Å²) in [6.45, 7) is 5.28. The van der Waals surface area contributed by atoms with E-state index in [-0.39, 0.29) is 24.4 Å². The van der Waals surface area contributed by atoms with Gasteiger partial charge < -0.3 is 10.6 Å². The second-order valence-corrected chi connectivity index (χ2v) is 6.87. The first kappa shape index (κ1) is 18.4. The molecule has 0 spiro atoms. The number of carbonyl (C=O) groups excluding carboxylic acids is 3. The van der Waals surface area contributed by atoms with Gasteiger partial charge in [0.25, 0.3) is 5.91 Å². The Hall–Kier alpha value is -1.89. The van der Waals surface area contributed by atoms with Crippen LogP contribution in [0.25, 0.3) is 0 Å². The van der Waals surface area contributed by atoms with Crippen molar-refractivity contribution in [3.8, 4) is 0 Å². The SMILES string of the molecule is CCC1(CC)NC(=O)N(CC(=O)NC(C)c2cccc(Br)c2)C1=O. The number of amides is 4. The number of benzene rings is 1. The zero-order valence-electron chi connectivity index (χ0n) is 14.1. The van der Waals surface area contributed by atoms with Gasteiger partial charge in [-0.2, -0.15) is 0 Å². The minimum Gasteiger partial charge on any atom is -0.348 e. The first-order valence-electron chi connectivity index (χ1n) is 8.02. The lowest BCUT2D eigenvalue weighted by atomic mass is 9.93. The van der Waals surface area contributed by atoms with Crippen molar-refractivity contribution in [1.82, 2.24) is 15.5 Å². The monoisotopic (exact) mass is 395 g/mol. The molecule has 130 valence electrons. The number of hydrogen-bond donors (Lipinski definition) is 2. The average Bonchev–Trinajstić information content (AvgIpc) is 2.79. The summed E-state index contributed by atoms with van der Waals surface area (Å²) in [5, 5.41) is 5.54. The molecular weight excluding hydrogens is 374 g/mol. The number of imide groups is 1. The Bertz CT molecular complexity index is 658. The molecule has 2 N–H and O–H groups in total. The fourth-order valence-electron chi connectivity index (χ4n) is 2.84. The first-order chi connectivity index (χ1) is 11.3. The van der Waals surface area contributed by atoms with Gasteiger partial charge in [0.2, 0.25) is 5.91 Å². The third-order valence-corrected chi connectivity index (χ3v) is 4.97. The van der Waals surface area contributed by atoms with E-state index < -0.39 is 11.6 Å². The van der Waals surface area contributed by atoms with E-state index in [0.717, 1.165) is 14.9 Å². The standard InChI is InChI=1S/C17H22BrN3O3/c1-4-17(5-2)15(23)21(16(24)20-17)10-14(22)19-11(3)12-7-6-8-13(18)9-12/h6-9,11H,4-5,10H2,1-3H3,(H,19,22)(H,20,24). The minimum atomic E-state index is -0.882. The Balaban J connectivity index is 2.02. The maximum Gasteiger partial charge on any atom is 0.325 e. The minimum absolute atomic E-state index is 0.224. The largest absolute Gasteiger partial charge is 0.348 e. The second-order valence-electron chi connectivity index (χ2n) is 5.95. The number of urea groups is 1. The summed E-state index contributed by atoms with van der Waals surface area (Å²) in [5.41, 5.74) is 0.0548. The van der Waals surface area contributed by atoms with E-state index in [2.05, 4.69) is 26.6 Å². The molecule has 6 nitrogen and oxygen atoms in total. The summed E-state index contributed by atoms with van der Waals surface area (Å²) in [6, 6.07) is 6.88. The number of nitrogens with zero attached hydrogens (tertiary/aromatic N) is 1. The van der Waals surface area contributed by atoms with E-state index in [4.69, 9.17) is 0 Å². The van der Waals surface area contributed by atoms with Crippen LogP contribution in [0.3, 0.4) is 0 Å². The average molecular weight is 396 g/mol. The molecule has 1 atom stereocenters. The predicted molar refractivity (Wildman–Crippen MR) is 94.3 cm³/mol. The predicted octanol–water partition coefficient (Wildman–Crippen LogP) is 2.74. The Morgan fingerprint density at radius 2 is 2.00 bits per heavy atom. The highest BCUT2D eigenvalue weighted by atomic mass is 79.9. The third kappa shape index (κ3) is 3.61. The summed E-state index contributed by atoms with van der Waals surface area (Å²) >= 11 is 3.39. The van der Waals surface area contributed by atoms with Gasteiger partial charge in [-0.3, -0.25) is 14.5 Å². The molecular formula is C17H22BrN3O3. The molecule has 24 heavy (non-hydrogen) atoms. The van der Waals surface area contributed by atoms with Crippen molar-refractivity contribution in [3.05, 3.63) is 34.3 Å². The molecule has 1 saturated heterocycles. The summed E-state index contributed by atoms with van der Waals surface area (Å²) in [4.78, 5) is 37.8. The maximum absolute atomic E-state index is 12.5. The van der Waals surface area contributed by atoms with Crippen molar-refractivity contribution >= 4 is 33.8 Å².